The van der Waals surface area contributed by atoms with Crippen molar-refractivity contribution in [2.45, 2.75) is 39.0 Å². The first-order valence-electron chi connectivity index (χ1n) is 6.99. The van der Waals surface area contributed by atoms with Gasteiger partial charge in [0, 0.05) is 0 Å². The molecule has 0 fully saturated rings. The molecule has 0 aliphatic carbocycles. The largest absolute Gasteiger partial charge is 0.504 e. The predicted octanol–water partition coefficient (Wildman–Crippen LogP) is 3.78. The van der Waals surface area contributed by atoms with E-state index in [4.69, 9.17) is 9.84 Å². The molecule has 1 rings (SSSR count). The van der Waals surface area contributed by atoms with Crippen LogP contribution in [0, 0.1) is 0 Å². The van der Waals surface area contributed by atoms with Gasteiger partial charge in [-0.1, -0.05) is 38.3 Å². The third-order valence-corrected chi connectivity index (χ3v) is 2.91. The van der Waals surface area contributed by atoms with E-state index < -0.39 is 5.97 Å². The minimum absolute atomic E-state index is 0.217. The lowest BCUT2D eigenvalue weighted by Gasteiger charge is -2.03. The van der Waals surface area contributed by atoms with Gasteiger partial charge < -0.3 is 14.9 Å². The highest BCUT2D eigenvalue weighted by molar-refractivity contribution is 5.90. The molecule has 1 aromatic carbocycles. The number of ether oxygens (including phenoxy) is 1. The highest BCUT2D eigenvalue weighted by atomic mass is 16.5. The zero-order valence-electron chi connectivity index (χ0n) is 11.8. The summed E-state index contributed by atoms with van der Waals surface area (Å²) in [5.74, 6) is -1.10. The van der Waals surface area contributed by atoms with Gasteiger partial charge in [0.15, 0.2) is 11.5 Å². The lowest BCUT2D eigenvalue weighted by atomic mass is 10.1. The Labute approximate surface area is 119 Å². The number of phenolic OH excluding ortho intramolecular Hbond substituents is 2. The smallest absolute Gasteiger partial charge is 0.338 e. The van der Waals surface area contributed by atoms with Crippen molar-refractivity contribution in [2.24, 2.45) is 0 Å². The van der Waals surface area contributed by atoms with E-state index >= 15 is 0 Å². The molecule has 1 aromatic rings. The number of phenols is 2. The predicted molar refractivity (Wildman–Crippen MR) is 78.0 cm³/mol. The molecule has 0 radical (unpaired) electrons. The van der Waals surface area contributed by atoms with E-state index in [1.165, 1.54) is 37.5 Å². The number of benzene rings is 1. The van der Waals surface area contributed by atoms with Crippen LogP contribution in [0.4, 0.5) is 0 Å². The van der Waals surface area contributed by atoms with Gasteiger partial charge in [-0.15, -0.1) is 0 Å². The number of hydrogen-bond acceptors (Lipinski definition) is 4. The van der Waals surface area contributed by atoms with E-state index in [0.717, 1.165) is 12.8 Å². The summed E-state index contributed by atoms with van der Waals surface area (Å²) in [7, 11) is 0. The standard InChI is InChI=1S/C16H22O4/c1-2-3-4-5-6-7-8-11-20-16(19)13-9-10-14(17)15(18)12-13/h7-10,12,17-18H,2-6,11H2,1H3/b8-7-. The van der Waals surface area contributed by atoms with E-state index in [-0.39, 0.29) is 23.7 Å². The van der Waals surface area contributed by atoms with Gasteiger partial charge in [0.2, 0.25) is 0 Å². The molecular weight excluding hydrogens is 256 g/mol. The average molecular weight is 278 g/mol. The van der Waals surface area contributed by atoms with Crippen molar-refractivity contribution < 1.29 is 19.7 Å². The third-order valence-electron chi connectivity index (χ3n) is 2.91. The van der Waals surface area contributed by atoms with Gasteiger partial charge in [-0.05, 0) is 31.0 Å². The van der Waals surface area contributed by atoms with Crippen LogP contribution in [0.15, 0.2) is 30.4 Å². The molecule has 20 heavy (non-hydrogen) atoms. The van der Waals surface area contributed by atoms with Crippen LogP contribution in [0.3, 0.4) is 0 Å². The fourth-order valence-corrected chi connectivity index (χ4v) is 1.73. The number of carbonyl (C=O) groups excluding carboxylic acids is 1. The number of allylic oxidation sites excluding steroid dienone is 1. The van der Waals surface area contributed by atoms with E-state index in [1.54, 1.807) is 0 Å². The topological polar surface area (TPSA) is 66.8 Å². The molecule has 0 aliphatic heterocycles. The van der Waals surface area contributed by atoms with Crippen molar-refractivity contribution in [3.05, 3.63) is 35.9 Å². The summed E-state index contributed by atoms with van der Waals surface area (Å²) in [6.45, 7) is 2.39. The van der Waals surface area contributed by atoms with Crippen LogP contribution in [0.5, 0.6) is 11.5 Å². The molecular formula is C16H22O4. The fraction of sp³-hybridized carbons (Fsp3) is 0.438. The van der Waals surface area contributed by atoms with Crippen LogP contribution in [-0.2, 0) is 4.74 Å². The molecule has 0 heterocycles. The van der Waals surface area contributed by atoms with Gasteiger partial charge in [0.05, 0.1) is 5.56 Å². The maximum Gasteiger partial charge on any atom is 0.338 e. The Morgan fingerprint density at radius 2 is 1.95 bits per heavy atom. The van der Waals surface area contributed by atoms with Crippen LogP contribution in [0.2, 0.25) is 0 Å². The van der Waals surface area contributed by atoms with Crippen LogP contribution in [0.25, 0.3) is 0 Å². The average Bonchev–Trinajstić information content (AvgIpc) is 2.44. The van der Waals surface area contributed by atoms with Gasteiger partial charge in [-0.25, -0.2) is 4.79 Å². The first-order chi connectivity index (χ1) is 9.65. The number of aromatic hydroxyl groups is 2. The number of hydrogen-bond donors (Lipinski definition) is 2. The lowest BCUT2D eigenvalue weighted by molar-refractivity contribution is 0.0549. The molecule has 0 atom stereocenters. The van der Waals surface area contributed by atoms with Crippen molar-refractivity contribution in [3.63, 3.8) is 0 Å². The summed E-state index contributed by atoms with van der Waals surface area (Å²) >= 11 is 0. The second-order valence-electron chi connectivity index (χ2n) is 4.62. The van der Waals surface area contributed by atoms with Crippen LogP contribution < -0.4 is 0 Å². The summed E-state index contributed by atoms with van der Waals surface area (Å²) in [4.78, 5) is 11.6. The lowest BCUT2D eigenvalue weighted by Crippen LogP contribution is -2.04. The minimum atomic E-state index is -0.518. The van der Waals surface area contributed by atoms with E-state index in [0.29, 0.717) is 0 Å². The third kappa shape index (κ3) is 5.78. The van der Waals surface area contributed by atoms with Gasteiger partial charge in [-0.2, -0.15) is 0 Å². The summed E-state index contributed by atoms with van der Waals surface area (Å²) in [5.41, 5.74) is 0.219. The van der Waals surface area contributed by atoms with E-state index in [9.17, 15) is 9.90 Å². The number of rotatable bonds is 8. The summed E-state index contributed by atoms with van der Waals surface area (Å²) < 4.78 is 5.03. The Morgan fingerprint density at radius 3 is 2.65 bits per heavy atom. The van der Waals surface area contributed by atoms with Gasteiger partial charge >= 0.3 is 5.97 Å². The Bertz CT molecular complexity index is 452. The Hall–Kier alpha value is -1.97. The molecule has 0 aliphatic rings. The van der Waals surface area contributed by atoms with Crippen molar-refractivity contribution in [3.8, 4) is 11.5 Å². The zero-order valence-corrected chi connectivity index (χ0v) is 11.8. The fourth-order valence-electron chi connectivity index (χ4n) is 1.73. The number of unbranched alkanes of at least 4 members (excludes halogenated alkanes) is 4. The molecule has 2 N–H and O–H groups in total. The molecule has 0 saturated carbocycles. The first kappa shape index (κ1) is 16.1. The number of esters is 1. The Kier molecular flexibility index (Phi) is 7.25. The minimum Gasteiger partial charge on any atom is -0.504 e. The summed E-state index contributed by atoms with van der Waals surface area (Å²) in [6, 6.07) is 3.85. The van der Waals surface area contributed by atoms with Gasteiger partial charge in [-0.3, -0.25) is 0 Å². The number of carbonyl (C=O) groups is 1. The molecule has 0 saturated heterocycles. The molecule has 0 amide bonds. The van der Waals surface area contributed by atoms with Crippen molar-refractivity contribution in [1.82, 2.24) is 0 Å². The maximum atomic E-state index is 11.6. The quantitative estimate of drug-likeness (QED) is 0.329. The van der Waals surface area contributed by atoms with Crippen LogP contribution >= 0.6 is 0 Å². The highest BCUT2D eigenvalue weighted by Gasteiger charge is 2.09. The molecule has 4 heteroatoms. The van der Waals surface area contributed by atoms with Crippen LogP contribution in [0.1, 0.15) is 49.4 Å². The van der Waals surface area contributed by atoms with Crippen molar-refractivity contribution in [1.29, 1.82) is 0 Å². The van der Waals surface area contributed by atoms with E-state index in [1.807, 2.05) is 12.2 Å². The van der Waals surface area contributed by atoms with Gasteiger partial charge in [0.1, 0.15) is 6.61 Å². The maximum absolute atomic E-state index is 11.6. The summed E-state index contributed by atoms with van der Waals surface area (Å²) in [5, 5.41) is 18.4. The zero-order chi connectivity index (χ0) is 14.8. The second-order valence-corrected chi connectivity index (χ2v) is 4.62. The molecule has 4 nitrogen and oxygen atoms in total. The van der Waals surface area contributed by atoms with E-state index in [2.05, 4.69) is 6.92 Å². The molecule has 0 bridgehead atoms. The molecule has 0 unspecified atom stereocenters. The molecule has 110 valence electrons. The van der Waals surface area contributed by atoms with Crippen molar-refractivity contribution >= 4 is 5.97 Å². The van der Waals surface area contributed by atoms with Crippen molar-refractivity contribution in [2.75, 3.05) is 6.61 Å². The van der Waals surface area contributed by atoms with Crippen LogP contribution in [-0.4, -0.2) is 22.8 Å². The summed E-state index contributed by atoms with van der Waals surface area (Å²) in [6.07, 6.45) is 9.70. The van der Waals surface area contributed by atoms with Gasteiger partial charge in [0.25, 0.3) is 0 Å². The Morgan fingerprint density at radius 1 is 1.15 bits per heavy atom. The SMILES string of the molecule is CCCCCC/C=C\COC(=O)c1ccc(O)c(O)c1. The monoisotopic (exact) mass is 278 g/mol. The Balaban J connectivity index is 2.26. The highest BCUT2D eigenvalue weighted by Crippen LogP contribution is 2.25. The molecule has 0 aromatic heterocycles. The molecule has 0 spiro atoms. The second kappa shape index (κ2) is 9.02. The normalized spacial score (nSPS) is 10.8. The first-order valence-corrected chi connectivity index (χ1v) is 6.99.